The Morgan fingerprint density at radius 3 is 2.95 bits per heavy atom. The van der Waals surface area contributed by atoms with Gasteiger partial charge in [0.2, 0.25) is 11.8 Å². The molecule has 1 aromatic heterocycles. The van der Waals surface area contributed by atoms with E-state index < -0.39 is 0 Å². The number of carbonyl (C=O) groups is 1. The number of aromatic amines is 1. The standard InChI is InChI=1S/C15H13N3O3S/c1-8(19)18-13(14(20)17-15(18)22)5-9-7-16-12-4-3-10(21-2)6-11(9)12/h3-7,20H,1-2H3,(H,17,22)/b9-5+. The molecule has 2 heterocycles. The lowest BCUT2D eigenvalue weighted by Gasteiger charge is -2.05. The first kappa shape index (κ1) is 14.3. The number of methoxy groups -OCH3 is 1. The fraction of sp³-hybridized carbons (Fsp3) is 0.133. The van der Waals surface area contributed by atoms with Gasteiger partial charge in [-0.2, -0.15) is 0 Å². The molecule has 0 atom stereocenters. The van der Waals surface area contributed by atoms with Gasteiger partial charge in [0.25, 0.3) is 0 Å². The number of carbonyl (C=O) groups excluding carboxylic acids is 1. The van der Waals surface area contributed by atoms with Gasteiger partial charge < -0.3 is 14.8 Å². The summed E-state index contributed by atoms with van der Waals surface area (Å²) in [5, 5.41) is 9.96. The van der Waals surface area contributed by atoms with Gasteiger partial charge in [0.1, 0.15) is 11.4 Å². The summed E-state index contributed by atoms with van der Waals surface area (Å²) in [6, 6.07) is 5.52. The minimum absolute atomic E-state index is 0.151. The van der Waals surface area contributed by atoms with E-state index in [9.17, 15) is 9.90 Å². The molecule has 0 aliphatic carbocycles. The van der Waals surface area contributed by atoms with Gasteiger partial charge in [0.15, 0.2) is 4.77 Å². The lowest BCUT2D eigenvalue weighted by Crippen LogP contribution is -2.07. The predicted octanol–water partition coefficient (Wildman–Crippen LogP) is 3.18. The minimum Gasteiger partial charge on any atom is -0.497 e. The third kappa shape index (κ3) is 2.25. The number of rotatable bonds is 2. The number of hydrogen-bond acceptors (Lipinski definition) is 5. The monoisotopic (exact) mass is 315 g/mol. The second kappa shape index (κ2) is 5.27. The quantitative estimate of drug-likeness (QED) is 0.834. The first-order valence-electron chi connectivity index (χ1n) is 6.50. The van der Waals surface area contributed by atoms with Crippen molar-refractivity contribution in [1.82, 2.24) is 9.55 Å². The van der Waals surface area contributed by atoms with Crippen LogP contribution in [0, 0.1) is 4.77 Å². The molecule has 3 rings (SSSR count). The number of imidazole rings is 1. The molecule has 1 aliphatic heterocycles. The number of nitrogens with zero attached hydrogens (tertiary/aromatic N) is 2. The van der Waals surface area contributed by atoms with Crippen LogP contribution in [-0.2, 0) is 0 Å². The van der Waals surface area contributed by atoms with Gasteiger partial charge in [-0.25, -0.2) is 0 Å². The Morgan fingerprint density at radius 1 is 1.50 bits per heavy atom. The molecule has 2 aromatic rings. The van der Waals surface area contributed by atoms with Gasteiger partial charge in [-0.05, 0) is 36.5 Å². The van der Waals surface area contributed by atoms with Crippen molar-refractivity contribution in [3.8, 4) is 11.6 Å². The molecule has 1 aliphatic rings. The van der Waals surface area contributed by atoms with Crippen molar-refractivity contribution in [3.05, 3.63) is 34.2 Å². The van der Waals surface area contributed by atoms with E-state index >= 15 is 0 Å². The maximum absolute atomic E-state index is 11.7. The number of fused-ring (bicyclic) bond motifs is 1. The Labute approximate surface area is 131 Å². The molecule has 0 unspecified atom stereocenters. The van der Waals surface area contributed by atoms with Crippen molar-refractivity contribution in [2.24, 2.45) is 4.99 Å². The van der Waals surface area contributed by atoms with Crippen LogP contribution in [0.25, 0.3) is 11.6 Å². The first-order chi connectivity index (χ1) is 10.5. The van der Waals surface area contributed by atoms with Crippen molar-refractivity contribution < 1.29 is 14.6 Å². The predicted molar refractivity (Wildman–Crippen MR) is 86.6 cm³/mol. The fourth-order valence-corrected chi connectivity index (χ4v) is 2.66. The van der Waals surface area contributed by atoms with E-state index in [2.05, 4.69) is 9.98 Å². The van der Waals surface area contributed by atoms with Crippen molar-refractivity contribution in [3.63, 3.8) is 0 Å². The van der Waals surface area contributed by atoms with Crippen molar-refractivity contribution in [2.45, 2.75) is 6.92 Å². The Bertz CT molecular complexity index is 890. The van der Waals surface area contributed by atoms with E-state index in [1.807, 2.05) is 18.2 Å². The van der Waals surface area contributed by atoms with E-state index in [1.54, 1.807) is 19.4 Å². The molecule has 0 amide bonds. The molecular formula is C15H13N3O3S. The van der Waals surface area contributed by atoms with E-state index in [4.69, 9.17) is 17.0 Å². The van der Waals surface area contributed by atoms with Crippen LogP contribution in [-0.4, -0.2) is 33.9 Å². The summed E-state index contributed by atoms with van der Waals surface area (Å²) in [6.07, 6.45) is 3.34. The van der Waals surface area contributed by atoms with Gasteiger partial charge in [-0.15, -0.1) is 0 Å². The lowest BCUT2D eigenvalue weighted by molar-refractivity contribution is 0.0934. The van der Waals surface area contributed by atoms with Crippen molar-refractivity contribution >= 4 is 41.7 Å². The molecule has 112 valence electrons. The molecular weight excluding hydrogens is 302 g/mol. The number of ether oxygens (including phenoxy) is 1. The minimum atomic E-state index is -0.283. The number of H-pyrrole nitrogens is 1. The van der Waals surface area contributed by atoms with E-state index in [0.29, 0.717) is 11.4 Å². The highest BCUT2D eigenvalue weighted by atomic mass is 32.1. The van der Waals surface area contributed by atoms with Gasteiger partial charge in [0.05, 0.1) is 12.8 Å². The average Bonchev–Trinajstić information content (AvgIpc) is 3.00. The molecule has 6 nitrogen and oxygen atoms in total. The van der Waals surface area contributed by atoms with Crippen LogP contribution >= 0.6 is 12.2 Å². The normalized spacial score (nSPS) is 14.4. The zero-order valence-corrected chi connectivity index (χ0v) is 12.8. The summed E-state index contributed by atoms with van der Waals surface area (Å²) < 4.78 is 6.60. The van der Waals surface area contributed by atoms with Gasteiger partial charge in [-0.3, -0.25) is 14.4 Å². The number of nitrogens with one attached hydrogen (secondary N) is 1. The molecule has 0 spiro atoms. The van der Waals surface area contributed by atoms with E-state index in [1.165, 1.54) is 11.5 Å². The SMILES string of the molecule is COc1ccc2c(c1)/C(=C/c1c(O)[nH]c(=S)n1C(C)=O)C=N2. The zero-order chi connectivity index (χ0) is 15.9. The van der Waals surface area contributed by atoms with Crippen LogP contribution < -0.4 is 4.74 Å². The molecule has 7 heteroatoms. The number of aliphatic imine (C=N–C) groups is 1. The van der Waals surface area contributed by atoms with Crippen LogP contribution in [0.15, 0.2) is 23.2 Å². The lowest BCUT2D eigenvalue weighted by atomic mass is 10.1. The molecule has 0 fully saturated rings. The van der Waals surface area contributed by atoms with E-state index in [0.717, 1.165) is 16.8 Å². The fourth-order valence-electron chi connectivity index (χ4n) is 2.34. The molecule has 1 aromatic carbocycles. The maximum atomic E-state index is 11.7. The number of benzene rings is 1. The molecule has 0 bridgehead atoms. The highest BCUT2D eigenvalue weighted by Gasteiger charge is 2.17. The second-order valence-corrected chi connectivity index (χ2v) is 5.15. The molecule has 0 saturated heterocycles. The Kier molecular flexibility index (Phi) is 3.42. The van der Waals surface area contributed by atoms with Crippen molar-refractivity contribution in [1.29, 1.82) is 0 Å². The Morgan fingerprint density at radius 2 is 2.27 bits per heavy atom. The van der Waals surface area contributed by atoms with Crippen LogP contribution in [0.4, 0.5) is 5.69 Å². The van der Waals surface area contributed by atoms with E-state index in [-0.39, 0.29) is 16.6 Å². The number of allylic oxidation sites excluding steroid dienone is 1. The van der Waals surface area contributed by atoms with Crippen LogP contribution in [0.5, 0.6) is 11.6 Å². The number of hydrogen-bond donors (Lipinski definition) is 2. The van der Waals surface area contributed by atoms with Crippen molar-refractivity contribution in [2.75, 3.05) is 7.11 Å². The third-order valence-electron chi connectivity index (χ3n) is 3.38. The highest BCUT2D eigenvalue weighted by Crippen LogP contribution is 2.36. The summed E-state index contributed by atoms with van der Waals surface area (Å²) in [5.41, 5.74) is 2.72. The van der Waals surface area contributed by atoms with Gasteiger partial charge in [-0.1, -0.05) is 0 Å². The van der Waals surface area contributed by atoms with Gasteiger partial charge in [0, 0.05) is 24.3 Å². The summed E-state index contributed by atoms with van der Waals surface area (Å²) in [6.45, 7) is 1.38. The average molecular weight is 315 g/mol. The summed E-state index contributed by atoms with van der Waals surface area (Å²) in [4.78, 5) is 18.6. The Balaban J connectivity index is 2.16. The van der Waals surface area contributed by atoms with Crippen LogP contribution in [0.3, 0.4) is 0 Å². The highest BCUT2D eigenvalue weighted by molar-refractivity contribution is 7.71. The van der Waals surface area contributed by atoms with Crippen LogP contribution in [0.2, 0.25) is 0 Å². The molecule has 0 saturated carbocycles. The molecule has 0 radical (unpaired) electrons. The Hall–Kier alpha value is -2.67. The molecule has 2 N–H and O–H groups in total. The second-order valence-electron chi connectivity index (χ2n) is 4.76. The first-order valence-corrected chi connectivity index (χ1v) is 6.91. The largest absolute Gasteiger partial charge is 0.497 e. The zero-order valence-electron chi connectivity index (χ0n) is 12.0. The smallest absolute Gasteiger partial charge is 0.230 e. The number of aromatic nitrogens is 2. The maximum Gasteiger partial charge on any atom is 0.230 e. The number of aromatic hydroxyl groups is 1. The molecule has 22 heavy (non-hydrogen) atoms. The summed E-state index contributed by atoms with van der Waals surface area (Å²) in [7, 11) is 1.59. The summed E-state index contributed by atoms with van der Waals surface area (Å²) >= 11 is 5.04. The third-order valence-corrected chi connectivity index (χ3v) is 3.66. The van der Waals surface area contributed by atoms with Gasteiger partial charge >= 0.3 is 0 Å². The van der Waals surface area contributed by atoms with Crippen LogP contribution in [0.1, 0.15) is 23.0 Å². The topological polar surface area (TPSA) is 79.6 Å². The summed E-state index contributed by atoms with van der Waals surface area (Å²) in [5.74, 6) is 0.267.